The van der Waals surface area contributed by atoms with Crippen LogP contribution >= 0.6 is 0 Å². The van der Waals surface area contributed by atoms with E-state index in [1.807, 2.05) is 12.1 Å². The summed E-state index contributed by atoms with van der Waals surface area (Å²) in [6.45, 7) is 2.98. The molecule has 1 N–H and O–H groups in total. The van der Waals surface area contributed by atoms with Crippen LogP contribution in [0.5, 0.6) is 5.75 Å². The number of hydrogen-bond donors (Lipinski definition) is 1. The third kappa shape index (κ3) is 5.83. The Labute approximate surface area is 215 Å². The zero-order valence-electron chi connectivity index (χ0n) is 20.6. The van der Waals surface area contributed by atoms with E-state index in [0.29, 0.717) is 17.0 Å². The molecule has 194 valence electrons. The number of nitrogens with one attached hydrogen (secondary N) is 1. The van der Waals surface area contributed by atoms with Crippen LogP contribution in [0.1, 0.15) is 18.4 Å². The minimum absolute atomic E-state index is 0.212. The van der Waals surface area contributed by atoms with Crippen LogP contribution in [-0.2, 0) is 14.8 Å². The topological polar surface area (TPSA) is 122 Å². The number of carbonyl (C=O) groups excluding carboxylic acids is 1. The molecule has 1 amide bonds. The Morgan fingerprint density at radius 2 is 1.70 bits per heavy atom. The highest BCUT2D eigenvalue weighted by atomic mass is 32.2. The summed E-state index contributed by atoms with van der Waals surface area (Å²) in [6, 6.07) is 17.2. The van der Waals surface area contributed by atoms with E-state index in [2.05, 4.69) is 10.2 Å². The molecule has 0 radical (unpaired) electrons. The molecule has 0 unspecified atom stereocenters. The van der Waals surface area contributed by atoms with Crippen molar-refractivity contribution in [3.63, 3.8) is 0 Å². The molecule has 1 heterocycles. The summed E-state index contributed by atoms with van der Waals surface area (Å²) in [5.74, 6) is -0.0513. The lowest BCUT2D eigenvalue weighted by atomic mass is 10.2. The van der Waals surface area contributed by atoms with Gasteiger partial charge >= 0.3 is 0 Å². The van der Waals surface area contributed by atoms with Crippen molar-refractivity contribution in [1.29, 1.82) is 0 Å². The van der Waals surface area contributed by atoms with E-state index < -0.39 is 27.4 Å². The van der Waals surface area contributed by atoms with Crippen molar-refractivity contribution in [3.8, 4) is 5.75 Å². The predicted octanol–water partition coefficient (Wildman–Crippen LogP) is 4.35. The molecule has 0 spiro atoms. The number of methoxy groups -OCH3 is 1. The molecule has 4 rings (SSSR count). The van der Waals surface area contributed by atoms with Crippen molar-refractivity contribution >= 4 is 38.7 Å². The van der Waals surface area contributed by atoms with Gasteiger partial charge in [-0.05, 0) is 74.4 Å². The largest absolute Gasteiger partial charge is 0.497 e. The minimum atomic E-state index is -4.33. The van der Waals surface area contributed by atoms with Gasteiger partial charge in [-0.2, -0.15) is 0 Å². The molecule has 1 saturated heterocycles. The van der Waals surface area contributed by atoms with Gasteiger partial charge in [-0.3, -0.25) is 19.2 Å². The molecule has 37 heavy (non-hydrogen) atoms. The molecule has 3 aromatic rings. The van der Waals surface area contributed by atoms with E-state index in [9.17, 15) is 23.3 Å². The number of ether oxygens (including phenoxy) is 1. The third-order valence-electron chi connectivity index (χ3n) is 6.24. The first-order valence-corrected chi connectivity index (χ1v) is 13.2. The first-order valence-electron chi connectivity index (χ1n) is 11.8. The molecular formula is C26H28N4O6S. The van der Waals surface area contributed by atoms with Gasteiger partial charge in [-0.1, -0.05) is 6.07 Å². The molecule has 10 nitrogen and oxygen atoms in total. The van der Waals surface area contributed by atoms with Gasteiger partial charge in [0.1, 0.15) is 12.3 Å². The van der Waals surface area contributed by atoms with Crippen LogP contribution in [0.25, 0.3) is 0 Å². The highest BCUT2D eigenvalue weighted by Gasteiger charge is 2.29. The Kier molecular flexibility index (Phi) is 7.63. The SMILES string of the molecule is COc1ccc(N(CC(=O)Nc2ccc(N3CCCC3)cc2)S(=O)(=O)c2ccc(C)c([N+](=O)[O-])c2)cc1. The van der Waals surface area contributed by atoms with Crippen molar-refractivity contribution in [2.75, 3.05) is 41.3 Å². The van der Waals surface area contributed by atoms with Crippen LogP contribution in [0.2, 0.25) is 0 Å². The normalized spacial score (nSPS) is 13.3. The predicted molar refractivity (Wildman–Crippen MR) is 142 cm³/mol. The first-order chi connectivity index (χ1) is 17.7. The molecule has 0 aliphatic carbocycles. The van der Waals surface area contributed by atoms with Gasteiger partial charge < -0.3 is 15.0 Å². The fourth-order valence-corrected chi connectivity index (χ4v) is 5.64. The van der Waals surface area contributed by atoms with E-state index in [0.717, 1.165) is 42.0 Å². The maximum absolute atomic E-state index is 13.6. The summed E-state index contributed by atoms with van der Waals surface area (Å²) < 4.78 is 33.4. The Bertz CT molecular complexity index is 1390. The number of nitro groups is 1. The summed E-state index contributed by atoms with van der Waals surface area (Å²) in [5.41, 5.74) is 1.82. The number of carbonyl (C=O) groups is 1. The van der Waals surface area contributed by atoms with E-state index in [4.69, 9.17) is 4.74 Å². The summed E-state index contributed by atoms with van der Waals surface area (Å²) in [4.78, 5) is 25.8. The Morgan fingerprint density at radius 3 is 2.30 bits per heavy atom. The van der Waals surface area contributed by atoms with Crippen molar-refractivity contribution in [2.24, 2.45) is 0 Å². The highest BCUT2D eigenvalue weighted by molar-refractivity contribution is 7.92. The summed E-state index contributed by atoms with van der Waals surface area (Å²) in [6.07, 6.45) is 2.30. The van der Waals surface area contributed by atoms with E-state index in [1.54, 1.807) is 24.3 Å². The lowest BCUT2D eigenvalue weighted by Gasteiger charge is -2.24. The van der Waals surface area contributed by atoms with Crippen LogP contribution in [0.4, 0.5) is 22.7 Å². The van der Waals surface area contributed by atoms with Gasteiger partial charge in [0.2, 0.25) is 5.91 Å². The Morgan fingerprint density at radius 1 is 1.05 bits per heavy atom. The molecule has 3 aromatic carbocycles. The van der Waals surface area contributed by atoms with Crippen molar-refractivity contribution < 1.29 is 22.9 Å². The lowest BCUT2D eigenvalue weighted by Crippen LogP contribution is -2.38. The molecular weight excluding hydrogens is 496 g/mol. The van der Waals surface area contributed by atoms with Gasteiger partial charge in [0, 0.05) is 36.1 Å². The van der Waals surface area contributed by atoms with Crippen LogP contribution in [0.15, 0.2) is 71.6 Å². The maximum atomic E-state index is 13.6. The number of anilines is 3. The van der Waals surface area contributed by atoms with Gasteiger partial charge in [-0.15, -0.1) is 0 Å². The Balaban J connectivity index is 1.61. The average Bonchev–Trinajstić information content (AvgIpc) is 3.43. The Hall–Kier alpha value is -4.12. The molecule has 11 heteroatoms. The van der Waals surface area contributed by atoms with E-state index in [-0.39, 0.29) is 16.3 Å². The van der Waals surface area contributed by atoms with Gasteiger partial charge in [-0.25, -0.2) is 8.42 Å². The summed E-state index contributed by atoms with van der Waals surface area (Å²) in [7, 11) is -2.85. The number of nitro benzene ring substituents is 1. The molecule has 0 atom stereocenters. The number of nitrogens with zero attached hydrogens (tertiary/aromatic N) is 3. The van der Waals surface area contributed by atoms with Crippen LogP contribution in [0, 0.1) is 17.0 Å². The van der Waals surface area contributed by atoms with Crippen LogP contribution < -0.4 is 19.3 Å². The smallest absolute Gasteiger partial charge is 0.273 e. The standard InChI is InChI=1S/C26H28N4O6S/c1-19-5-14-24(17-25(19)30(32)33)37(34,35)29(22-10-12-23(36-2)13-11-22)18-26(31)27-20-6-8-21(9-7-20)28-15-3-4-16-28/h5-14,17H,3-4,15-16,18H2,1-2H3,(H,27,31). The van der Waals surface area contributed by atoms with Gasteiger partial charge in [0.15, 0.2) is 0 Å². The minimum Gasteiger partial charge on any atom is -0.497 e. The number of sulfonamides is 1. The molecule has 0 saturated carbocycles. The first kappa shape index (κ1) is 26.0. The number of amides is 1. The number of hydrogen-bond acceptors (Lipinski definition) is 7. The second kappa shape index (κ2) is 10.9. The van der Waals surface area contributed by atoms with Crippen molar-refractivity contribution in [3.05, 3.63) is 82.4 Å². The fraction of sp³-hybridized carbons (Fsp3) is 0.269. The molecule has 0 bridgehead atoms. The zero-order valence-corrected chi connectivity index (χ0v) is 21.4. The summed E-state index contributed by atoms with van der Waals surface area (Å²) >= 11 is 0. The second-order valence-corrected chi connectivity index (χ2v) is 10.6. The van der Waals surface area contributed by atoms with Gasteiger partial charge in [0.25, 0.3) is 15.7 Å². The monoisotopic (exact) mass is 524 g/mol. The quantitative estimate of drug-likeness (QED) is 0.326. The molecule has 0 aromatic heterocycles. The van der Waals surface area contributed by atoms with Crippen molar-refractivity contribution in [1.82, 2.24) is 0 Å². The highest BCUT2D eigenvalue weighted by Crippen LogP contribution is 2.29. The number of rotatable bonds is 9. The van der Waals surface area contributed by atoms with Crippen molar-refractivity contribution in [2.45, 2.75) is 24.7 Å². The van der Waals surface area contributed by atoms with E-state index in [1.165, 1.54) is 38.3 Å². The third-order valence-corrected chi connectivity index (χ3v) is 8.01. The number of aryl methyl sites for hydroxylation is 1. The molecule has 1 aliphatic rings. The van der Waals surface area contributed by atoms with Crippen LogP contribution in [-0.4, -0.2) is 46.0 Å². The van der Waals surface area contributed by atoms with Gasteiger partial charge in [0.05, 0.1) is 22.6 Å². The van der Waals surface area contributed by atoms with Crippen LogP contribution in [0.3, 0.4) is 0 Å². The van der Waals surface area contributed by atoms with E-state index >= 15 is 0 Å². The second-order valence-electron chi connectivity index (χ2n) is 8.70. The maximum Gasteiger partial charge on any atom is 0.273 e. The molecule has 1 aliphatic heterocycles. The average molecular weight is 525 g/mol. The summed E-state index contributed by atoms with van der Waals surface area (Å²) in [5, 5.41) is 14.2. The fourth-order valence-electron chi connectivity index (χ4n) is 4.20. The lowest BCUT2D eigenvalue weighted by molar-refractivity contribution is -0.385. The molecule has 1 fully saturated rings. The number of benzene rings is 3. The zero-order chi connectivity index (χ0) is 26.6.